The van der Waals surface area contributed by atoms with Gasteiger partial charge in [0.2, 0.25) is 0 Å². The van der Waals surface area contributed by atoms with Crippen LogP contribution in [-0.2, 0) is 0 Å². The first-order valence-electron chi connectivity index (χ1n) is 5.58. The second-order valence-electron chi connectivity index (χ2n) is 4.06. The number of benzene rings is 2. The lowest BCUT2D eigenvalue weighted by molar-refractivity contribution is 1.17. The molecule has 5 heteroatoms. The summed E-state index contributed by atoms with van der Waals surface area (Å²) in [6.45, 7) is 0. The van der Waals surface area contributed by atoms with Gasteiger partial charge >= 0.3 is 0 Å². The zero-order valence-electron chi connectivity index (χ0n) is 9.65. The van der Waals surface area contributed by atoms with Crippen molar-refractivity contribution in [2.24, 2.45) is 0 Å². The molecule has 19 heavy (non-hydrogen) atoms. The summed E-state index contributed by atoms with van der Waals surface area (Å²) in [4.78, 5) is 18.3. The zero-order chi connectivity index (χ0) is 13.4. The van der Waals surface area contributed by atoms with Gasteiger partial charge in [0.15, 0.2) is 0 Å². The molecule has 1 heterocycles. The summed E-state index contributed by atoms with van der Waals surface area (Å²) in [6.07, 6.45) is 1.38. The van der Waals surface area contributed by atoms with Gasteiger partial charge in [-0.2, -0.15) is 0 Å². The molecule has 0 saturated heterocycles. The largest absolute Gasteiger partial charge is 0.313 e. The fraction of sp³-hybridized carbons (Fsp3) is 0. The summed E-state index contributed by atoms with van der Waals surface area (Å²) < 4.78 is 0. The van der Waals surface area contributed by atoms with Crippen LogP contribution in [0, 0.1) is 0 Å². The van der Waals surface area contributed by atoms with Gasteiger partial charge < -0.3 is 4.98 Å². The normalized spacial score (nSPS) is 10.8. The maximum absolute atomic E-state index is 11.6. The molecule has 0 bridgehead atoms. The molecule has 0 aliphatic carbocycles. The molecule has 1 N–H and O–H groups in total. The van der Waals surface area contributed by atoms with Crippen LogP contribution >= 0.6 is 23.2 Å². The first-order chi connectivity index (χ1) is 9.16. The predicted octanol–water partition coefficient (Wildman–Crippen LogP) is 3.90. The smallest absolute Gasteiger partial charge is 0.258 e. The Morgan fingerprint density at radius 2 is 1.95 bits per heavy atom. The molecule has 0 spiro atoms. The molecular weight excluding hydrogens is 283 g/mol. The number of hydrogen-bond acceptors (Lipinski definition) is 2. The number of halogens is 2. The third kappa shape index (κ3) is 2.11. The first-order valence-corrected chi connectivity index (χ1v) is 6.34. The summed E-state index contributed by atoms with van der Waals surface area (Å²) in [6, 6.07) is 10.8. The number of rotatable bonds is 1. The highest BCUT2D eigenvalue weighted by Crippen LogP contribution is 2.33. The van der Waals surface area contributed by atoms with E-state index in [4.69, 9.17) is 23.2 Å². The number of fused-ring (bicyclic) bond motifs is 1. The lowest BCUT2D eigenvalue weighted by Gasteiger charge is -2.06. The molecule has 0 aliphatic rings. The highest BCUT2D eigenvalue weighted by atomic mass is 35.5. The summed E-state index contributed by atoms with van der Waals surface area (Å²) in [5.41, 5.74) is 2.15. The lowest BCUT2D eigenvalue weighted by atomic mass is 10.0. The van der Waals surface area contributed by atoms with E-state index in [0.717, 1.165) is 11.1 Å². The van der Waals surface area contributed by atoms with Crippen LogP contribution in [0.3, 0.4) is 0 Å². The van der Waals surface area contributed by atoms with Gasteiger partial charge in [-0.3, -0.25) is 4.79 Å². The first kappa shape index (κ1) is 12.2. The van der Waals surface area contributed by atoms with Crippen LogP contribution in [0.5, 0.6) is 0 Å². The molecule has 0 saturated carbocycles. The molecule has 0 atom stereocenters. The minimum atomic E-state index is -0.159. The fourth-order valence-corrected chi connectivity index (χ4v) is 2.37. The highest BCUT2D eigenvalue weighted by Gasteiger charge is 2.08. The van der Waals surface area contributed by atoms with Crippen molar-refractivity contribution in [2.75, 3.05) is 0 Å². The van der Waals surface area contributed by atoms with Crippen LogP contribution in [0.2, 0.25) is 10.0 Å². The number of nitrogens with zero attached hydrogens (tertiary/aromatic N) is 1. The quantitative estimate of drug-likeness (QED) is 0.739. The molecule has 0 unspecified atom stereocenters. The maximum Gasteiger partial charge on any atom is 0.258 e. The van der Waals surface area contributed by atoms with Gasteiger partial charge in [-0.25, -0.2) is 4.98 Å². The molecule has 2 aromatic carbocycles. The van der Waals surface area contributed by atoms with Crippen LogP contribution < -0.4 is 5.56 Å². The Hall–Kier alpha value is -1.84. The standard InChI is InChI=1S/C14H8Cl2N2O/c15-11-3-1-2-9(13(11)16)8-4-5-10-12(6-8)17-7-18-14(10)19/h1-7H,(H,17,18,19). The Bertz CT molecular complexity index is 827. The molecule has 0 radical (unpaired) electrons. The Labute approximate surface area is 118 Å². The van der Waals surface area contributed by atoms with Crippen molar-refractivity contribution in [3.05, 3.63) is 63.1 Å². The highest BCUT2D eigenvalue weighted by molar-refractivity contribution is 6.43. The lowest BCUT2D eigenvalue weighted by Crippen LogP contribution is -2.05. The predicted molar refractivity (Wildman–Crippen MR) is 77.8 cm³/mol. The summed E-state index contributed by atoms with van der Waals surface area (Å²) in [5, 5.41) is 1.54. The number of aromatic nitrogens is 2. The van der Waals surface area contributed by atoms with Crippen molar-refractivity contribution < 1.29 is 0 Å². The molecule has 3 nitrogen and oxygen atoms in total. The van der Waals surface area contributed by atoms with Crippen LogP contribution in [0.1, 0.15) is 0 Å². The van der Waals surface area contributed by atoms with E-state index in [1.54, 1.807) is 12.1 Å². The van der Waals surface area contributed by atoms with Crippen molar-refractivity contribution in [2.45, 2.75) is 0 Å². The van der Waals surface area contributed by atoms with Crippen LogP contribution in [0.4, 0.5) is 0 Å². The molecule has 0 fully saturated rings. The average Bonchev–Trinajstić information content (AvgIpc) is 2.42. The Morgan fingerprint density at radius 1 is 1.11 bits per heavy atom. The minimum absolute atomic E-state index is 0.159. The number of hydrogen-bond donors (Lipinski definition) is 1. The van der Waals surface area contributed by atoms with Gasteiger partial charge in [-0.05, 0) is 23.8 Å². The number of H-pyrrole nitrogens is 1. The molecule has 94 valence electrons. The zero-order valence-corrected chi connectivity index (χ0v) is 11.2. The van der Waals surface area contributed by atoms with E-state index in [1.807, 2.05) is 24.3 Å². The molecule has 0 aliphatic heterocycles. The van der Waals surface area contributed by atoms with Crippen molar-refractivity contribution in [3.8, 4) is 11.1 Å². The van der Waals surface area contributed by atoms with Gasteiger partial charge in [-0.1, -0.05) is 41.4 Å². The van der Waals surface area contributed by atoms with E-state index in [0.29, 0.717) is 20.9 Å². The number of nitrogens with one attached hydrogen (secondary N) is 1. The van der Waals surface area contributed by atoms with E-state index in [-0.39, 0.29) is 5.56 Å². The van der Waals surface area contributed by atoms with E-state index < -0.39 is 0 Å². The maximum atomic E-state index is 11.6. The Kier molecular flexibility index (Phi) is 3.01. The third-order valence-corrected chi connectivity index (χ3v) is 3.72. The topological polar surface area (TPSA) is 45.8 Å². The van der Waals surface area contributed by atoms with E-state index >= 15 is 0 Å². The second kappa shape index (κ2) is 4.68. The van der Waals surface area contributed by atoms with Crippen molar-refractivity contribution in [1.29, 1.82) is 0 Å². The Balaban J connectivity index is 2.27. The van der Waals surface area contributed by atoms with Crippen molar-refractivity contribution >= 4 is 34.1 Å². The number of aromatic amines is 1. The summed E-state index contributed by atoms with van der Waals surface area (Å²) in [7, 11) is 0. The van der Waals surface area contributed by atoms with Gasteiger partial charge in [0.05, 0.1) is 27.3 Å². The summed E-state index contributed by atoms with van der Waals surface area (Å²) in [5.74, 6) is 0. The average molecular weight is 291 g/mol. The van der Waals surface area contributed by atoms with Crippen LogP contribution in [0.15, 0.2) is 47.5 Å². The van der Waals surface area contributed by atoms with Gasteiger partial charge in [0.1, 0.15) is 0 Å². The van der Waals surface area contributed by atoms with E-state index in [2.05, 4.69) is 9.97 Å². The SMILES string of the molecule is O=c1[nH]cnc2cc(-c3cccc(Cl)c3Cl)ccc12. The van der Waals surface area contributed by atoms with E-state index in [9.17, 15) is 4.79 Å². The third-order valence-electron chi connectivity index (χ3n) is 2.90. The molecule has 0 amide bonds. The molecule has 3 rings (SSSR count). The van der Waals surface area contributed by atoms with Gasteiger partial charge in [0, 0.05) is 5.56 Å². The minimum Gasteiger partial charge on any atom is -0.313 e. The molecular formula is C14H8Cl2N2O. The van der Waals surface area contributed by atoms with Crippen LogP contribution in [0.25, 0.3) is 22.0 Å². The summed E-state index contributed by atoms with van der Waals surface area (Å²) >= 11 is 12.2. The van der Waals surface area contributed by atoms with Crippen LogP contribution in [-0.4, -0.2) is 9.97 Å². The van der Waals surface area contributed by atoms with Gasteiger partial charge in [-0.15, -0.1) is 0 Å². The molecule has 3 aromatic rings. The van der Waals surface area contributed by atoms with Crippen molar-refractivity contribution in [1.82, 2.24) is 9.97 Å². The van der Waals surface area contributed by atoms with Crippen molar-refractivity contribution in [3.63, 3.8) is 0 Å². The monoisotopic (exact) mass is 290 g/mol. The van der Waals surface area contributed by atoms with Gasteiger partial charge in [0.25, 0.3) is 5.56 Å². The van der Waals surface area contributed by atoms with E-state index in [1.165, 1.54) is 6.33 Å². The molecule has 1 aromatic heterocycles. The Morgan fingerprint density at radius 3 is 2.79 bits per heavy atom. The second-order valence-corrected chi connectivity index (χ2v) is 4.85. The fourth-order valence-electron chi connectivity index (χ4n) is 1.96.